The summed E-state index contributed by atoms with van der Waals surface area (Å²) in [4.78, 5) is 0. The average Bonchev–Trinajstić information content (AvgIpc) is 2.64. The summed E-state index contributed by atoms with van der Waals surface area (Å²) in [5.41, 5.74) is 0. The molecule has 8 nitrogen and oxygen atoms in total. The van der Waals surface area contributed by atoms with Crippen molar-refractivity contribution in [3.05, 3.63) is 0 Å². The van der Waals surface area contributed by atoms with Gasteiger partial charge in [0.05, 0.1) is 6.61 Å². The van der Waals surface area contributed by atoms with Crippen molar-refractivity contribution < 1.29 is 34.3 Å². The normalized spacial score (nSPS) is 13.6. The molecule has 0 saturated heterocycles. The molecule has 0 bridgehead atoms. The van der Waals surface area contributed by atoms with Crippen LogP contribution in [0.4, 0.5) is 0 Å². The van der Waals surface area contributed by atoms with Crippen LogP contribution in [0.5, 0.6) is 0 Å². The van der Waals surface area contributed by atoms with Crippen LogP contribution in [0.3, 0.4) is 0 Å². The zero-order valence-electron chi connectivity index (χ0n) is 18.5. The van der Waals surface area contributed by atoms with Crippen molar-refractivity contribution in [1.29, 1.82) is 0 Å². The van der Waals surface area contributed by atoms with Crippen molar-refractivity contribution in [3.8, 4) is 0 Å². The molecule has 0 aliphatic carbocycles. The van der Waals surface area contributed by atoms with Crippen molar-refractivity contribution in [2.75, 3.05) is 13.2 Å². The maximum absolute atomic E-state index is 11.3. The molecular formula is C20H42O8S2. The lowest BCUT2D eigenvalue weighted by molar-refractivity contribution is 0.178. The lowest BCUT2D eigenvalue weighted by Gasteiger charge is -2.15. The molecule has 0 fully saturated rings. The van der Waals surface area contributed by atoms with Crippen LogP contribution in [0.2, 0.25) is 0 Å². The summed E-state index contributed by atoms with van der Waals surface area (Å²) >= 11 is 0. The van der Waals surface area contributed by atoms with Gasteiger partial charge in [0.25, 0.3) is 0 Å². The Hall–Kier alpha value is -0.260. The van der Waals surface area contributed by atoms with Crippen molar-refractivity contribution in [1.82, 2.24) is 0 Å². The van der Waals surface area contributed by atoms with E-state index >= 15 is 0 Å². The third-order valence-electron chi connectivity index (χ3n) is 5.12. The molecule has 182 valence electrons. The average molecular weight is 475 g/mol. The van der Waals surface area contributed by atoms with E-state index in [-0.39, 0.29) is 19.1 Å². The minimum Gasteiger partial charge on any atom is -0.396 e. The topological polar surface area (TPSA) is 127 Å². The molecule has 0 aliphatic heterocycles. The van der Waals surface area contributed by atoms with Crippen LogP contribution in [0.25, 0.3) is 0 Å². The quantitative estimate of drug-likeness (QED) is 0.167. The van der Waals surface area contributed by atoms with Gasteiger partial charge in [-0.2, -0.15) is 16.8 Å². The Morgan fingerprint density at radius 1 is 0.700 bits per heavy atom. The highest BCUT2D eigenvalue weighted by molar-refractivity contribution is 7.94. The Kier molecular flexibility index (Phi) is 18.2. The molecule has 30 heavy (non-hydrogen) atoms. The minimum atomic E-state index is -5.15. The summed E-state index contributed by atoms with van der Waals surface area (Å²) in [5.74, 6) is -0.230. The molecule has 0 radical (unpaired) electrons. The number of aliphatic hydroxyl groups excluding tert-OH is 1. The van der Waals surface area contributed by atoms with Gasteiger partial charge in [-0.05, 0) is 18.8 Å². The van der Waals surface area contributed by atoms with E-state index in [1.807, 2.05) is 0 Å². The minimum absolute atomic E-state index is 0.119. The molecule has 0 heterocycles. The molecule has 1 unspecified atom stereocenters. The molecule has 0 saturated carbocycles. The van der Waals surface area contributed by atoms with E-state index in [0.29, 0.717) is 12.8 Å². The van der Waals surface area contributed by atoms with Crippen molar-refractivity contribution >= 4 is 20.8 Å². The van der Waals surface area contributed by atoms with Crippen LogP contribution < -0.4 is 0 Å². The van der Waals surface area contributed by atoms with Gasteiger partial charge in [0, 0.05) is 6.61 Å². The number of hydrogen-bond donors (Lipinski definition) is 2. The van der Waals surface area contributed by atoms with E-state index in [1.165, 1.54) is 70.6 Å². The lowest BCUT2D eigenvalue weighted by Crippen LogP contribution is -2.20. The molecule has 0 spiro atoms. The van der Waals surface area contributed by atoms with E-state index in [1.54, 1.807) is 0 Å². The van der Waals surface area contributed by atoms with E-state index in [9.17, 15) is 16.8 Å². The van der Waals surface area contributed by atoms with Gasteiger partial charge < -0.3 is 5.11 Å². The fourth-order valence-corrected chi connectivity index (χ4v) is 4.78. The van der Waals surface area contributed by atoms with Crippen molar-refractivity contribution in [2.24, 2.45) is 5.92 Å². The highest BCUT2D eigenvalue weighted by Gasteiger charge is 2.23. The summed E-state index contributed by atoms with van der Waals surface area (Å²) in [6.45, 7) is 1.82. The van der Waals surface area contributed by atoms with Gasteiger partial charge in [-0.25, -0.2) is 4.18 Å². The maximum Gasteiger partial charge on any atom is 0.416 e. The first-order valence-electron chi connectivity index (χ1n) is 11.4. The molecule has 0 aliphatic rings. The van der Waals surface area contributed by atoms with Crippen LogP contribution in [0, 0.1) is 5.92 Å². The fraction of sp³-hybridized carbons (Fsp3) is 1.00. The van der Waals surface area contributed by atoms with Gasteiger partial charge in [-0.1, -0.05) is 96.8 Å². The lowest BCUT2D eigenvalue weighted by atomic mass is 9.98. The zero-order valence-corrected chi connectivity index (χ0v) is 20.1. The predicted octanol–water partition coefficient (Wildman–Crippen LogP) is 4.94. The number of hydrogen-bond acceptors (Lipinski definition) is 7. The Labute approximate surface area is 184 Å². The van der Waals surface area contributed by atoms with Gasteiger partial charge >= 0.3 is 20.8 Å². The Morgan fingerprint density at radius 3 is 1.53 bits per heavy atom. The van der Waals surface area contributed by atoms with Gasteiger partial charge in [-0.3, -0.25) is 4.55 Å². The Bertz CT molecular complexity index is 590. The summed E-state index contributed by atoms with van der Waals surface area (Å²) < 4.78 is 60.0. The third-order valence-corrected chi connectivity index (χ3v) is 6.90. The van der Waals surface area contributed by atoms with Crippen LogP contribution in [0.1, 0.15) is 110 Å². The fourth-order valence-electron chi connectivity index (χ4n) is 3.43. The van der Waals surface area contributed by atoms with Crippen LogP contribution in [0.15, 0.2) is 0 Å². The summed E-state index contributed by atoms with van der Waals surface area (Å²) in [7, 11) is -9.98. The zero-order chi connectivity index (χ0) is 22.7. The van der Waals surface area contributed by atoms with Gasteiger partial charge in [0.2, 0.25) is 0 Å². The predicted molar refractivity (Wildman–Crippen MR) is 118 cm³/mol. The van der Waals surface area contributed by atoms with E-state index in [2.05, 4.69) is 14.7 Å². The summed E-state index contributed by atoms with van der Waals surface area (Å²) in [5, 5.41) is 9.10. The first-order chi connectivity index (χ1) is 14.2. The number of unbranched alkanes of at least 4 members (excludes halogenated alkanes) is 13. The molecule has 1 atom stereocenters. The SMILES string of the molecule is CCCCCCCCCCCCCCCCC(CCO)COS(=O)(=O)OS(=O)(=O)O. The Morgan fingerprint density at radius 2 is 1.13 bits per heavy atom. The van der Waals surface area contributed by atoms with Crippen LogP contribution in [-0.2, 0) is 28.6 Å². The van der Waals surface area contributed by atoms with Crippen molar-refractivity contribution in [3.63, 3.8) is 0 Å². The molecule has 0 aromatic rings. The van der Waals surface area contributed by atoms with E-state index < -0.39 is 20.8 Å². The van der Waals surface area contributed by atoms with Crippen LogP contribution in [-0.4, -0.2) is 39.7 Å². The molecule has 0 aromatic carbocycles. The van der Waals surface area contributed by atoms with Gasteiger partial charge in [-0.15, -0.1) is 3.63 Å². The molecule has 10 heteroatoms. The number of rotatable bonds is 22. The van der Waals surface area contributed by atoms with E-state index in [4.69, 9.17) is 9.66 Å². The van der Waals surface area contributed by atoms with Gasteiger partial charge in [0.15, 0.2) is 0 Å². The second-order valence-corrected chi connectivity index (χ2v) is 10.4. The molecular weight excluding hydrogens is 432 g/mol. The maximum atomic E-state index is 11.3. The molecule has 2 N–H and O–H groups in total. The highest BCUT2D eigenvalue weighted by Crippen LogP contribution is 2.18. The second kappa shape index (κ2) is 18.3. The standard InChI is InChI=1S/C20H42O8S2/c1-2-3-4-5-6-7-8-9-10-11-12-13-14-15-16-20(17-18-21)19-27-30(25,26)28-29(22,23)24/h20-21H,2-19H2,1H3,(H,22,23,24). The summed E-state index contributed by atoms with van der Waals surface area (Å²) in [6, 6.07) is 0. The van der Waals surface area contributed by atoms with Gasteiger partial charge in [0.1, 0.15) is 0 Å². The molecule has 0 amide bonds. The third kappa shape index (κ3) is 21.0. The summed E-state index contributed by atoms with van der Waals surface area (Å²) in [6.07, 6.45) is 18.5. The molecule has 0 aromatic heterocycles. The van der Waals surface area contributed by atoms with E-state index in [0.717, 1.165) is 19.3 Å². The second-order valence-electron chi connectivity index (χ2n) is 7.95. The Balaban J connectivity index is 3.70. The largest absolute Gasteiger partial charge is 0.416 e. The number of aliphatic hydroxyl groups is 1. The van der Waals surface area contributed by atoms with Crippen LogP contribution >= 0.6 is 0 Å². The smallest absolute Gasteiger partial charge is 0.396 e. The highest BCUT2D eigenvalue weighted by atomic mass is 32.3. The van der Waals surface area contributed by atoms with Crippen molar-refractivity contribution in [2.45, 2.75) is 110 Å². The molecule has 0 rings (SSSR count). The first-order valence-corrected chi connectivity index (χ1v) is 14.1. The first kappa shape index (κ1) is 29.7. The monoisotopic (exact) mass is 474 g/mol.